The van der Waals surface area contributed by atoms with Crippen molar-refractivity contribution in [2.45, 2.75) is 19.4 Å². The van der Waals surface area contributed by atoms with E-state index in [9.17, 15) is 9.59 Å². The van der Waals surface area contributed by atoms with Gasteiger partial charge in [0.1, 0.15) is 11.5 Å². The average molecular weight is 348 g/mol. The van der Waals surface area contributed by atoms with E-state index in [0.29, 0.717) is 43.4 Å². The maximum Gasteiger partial charge on any atom is 0.228 e. The van der Waals surface area contributed by atoms with Crippen LogP contribution < -0.4 is 14.4 Å². The van der Waals surface area contributed by atoms with Crippen LogP contribution >= 0.6 is 0 Å². The molecule has 2 aliphatic heterocycles. The standard InChI is InChI=1S/C18H24N2O5/c1-12-10-19(6-7-25-12)18(22)13-8-17(21)20(11-13)15-9-14(23-2)4-5-16(15)24-3/h4-5,9,12-13H,6-8,10-11H2,1-3H3/t12-,13+/m1/s1. The number of carbonyl (C=O) groups is 2. The first kappa shape index (κ1) is 17.5. The van der Waals surface area contributed by atoms with E-state index < -0.39 is 0 Å². The molecule has 2 heterocycles. The van der Waals surface area contributed by atoms with Crippen molar-refractivity contribution >= 4 is 17.5 Å². The number of benzene rings is 1. The van der Waals surface area contributed by atoms with Crippen molar-refractivity contribution in [2.75, 3.05) is 45.4 Å². The van der Waals surface area contributed by atoms with Crippen LogP contribution in [-0.2, 0) is 14.3 Å². The number of hydrogen-bond acceptors (Lipinski definition) is 5. The molecule has 0 radical (unpaired) electrons. The lowest BCUT2D eigenvalue weighted by molar-refractivity contribution is -0.142. The highest BCUT2D eigenvalue weighted by atomic mass is 16.5. The minimum atomic E-state index is -0.339. The van der Waals surface area contributed by atoms with Gasteiger partial charge < -0.3 is 24.0 Å². The lowest BCUT2D eigenvalue weighted by Gasteiger charge is -2.32. The van der Waals surface area contributed by atoms with Gasteiger partial charge in [0, 0.05) is 32.1 Å². The van der Waals surface area contributed by atoms with E-state index in [1.165, 1.54) is 0 Å². The van der Waals surface area contributed by atoms with Crippen LogP contribution in [0.25, 0.3) is 0 Å². The molecule has 0 aliphatic carbocycles. The highest BCUT2D eigenvalue weighted by molar-refractivity contribution is 6.01. The number of rotatable bonds is 4. The number of hydrogen-bond donors (Lipinski definition) is 0. The van der Waals surface area contributed by atoms with Crippen molar-refractivity contribution in [1.82, 2.24) is 4.90 Å². The van der Waals surface area contributed by atoms with Crippen LogP contribution in [0.4, 0.5) is 5.69 Å². The Balaban J connectivity index is 1.77. The SMILES string of the molecule is COc1ccc(OC)c(N2C[C@@H](C(=O)N3CCO[C@H](C)C3)CC2=O)c1. The first-order chi connectivity index (χ1) is 12.0. The van der Waals surface area contributed by atoms with Gasteiger partial charge in [0.25, 0.3) is 0 Å². The topological polar surface area (TPSA) is 68.3 Å². The summed E-state index contributed by atoms with van der Waals surface area (Å²) < 4.78 is 16.1. The number of morpholine rings is 1. The molecule has 2 atom stereocenters. The van der Waals surface area contributed by atoms with Crippen molar-refractivity contribution in [3.63, 3.8) is 0 Å². The van der Waals surface area contributed by atoms with Gasteiger partial charge in [0.2, 0.25) is 11.8 Å². The van der Waals surface area contributed by atoms with Crippen LogP contribution in [0.3, 0.4) is 0 Å². The fourth-order valence-corrected chi connectivity index (χ4v) is 3.39. The zero-order chi connectivity index (χ0) is 18.0. The number of anilines is 1. The summed E-state index contributed by atoms with van der Waals surface area (Å²) in [5, 5.41) is 0. The van der Waals surface area contributed by atoms with E-state index in [4.69, 9.17) is 14.2 Å². The highest BCUT2D eigenvalue weighted by Crippen LogP contribution is 2.36. The predicted octanol–water partition coefficient (Wildman–Crippen LogP) is 1.30. The number of nitrogens with zero attached hydrogens (tertiary/aromatic N) is 2. The maximum absolute atomic E-state index is 12.8. The van der Waals surface area contributed by atoms with Gasteiger partial charge in [-0.15, -0.1) is 0 Å². The molecule has 2 aliphatic rings. The molecule has 0 bridgehead atoms. The Morgan fingerprint density at radius 3 is 2.72 bits per heavy atom. The van der Waals surface area contributed by atoms with Crippen molar-refractivity contribution in [2.24, 2.45) is 5.92 Å². The van der Waals surface area contributed by atoms with Crippen molar-refractivity contribution in [3.05, 3.63) is 18.2 Å². The second-order valence-corrected chi connectivity index (χ2v) is 6.41. The smallest absolute Gasteiger partial charge is 0.228 e. The summed E-state index contributed by atoms with van der Waals surface area (Å²) in [5.74, 6) is 0.829. The van der Waals surface area contributed by atoms with Gasteiger partial charge in [-0.2, -0.15) is 0 Å². The second-order valence-electron chi connectivity index (χ2n) is 6.41. The lowest BCUT2D eigenvalue weighted by Crippen LogP contribution is -2.47. The van der Waals surface area contributed by atoms with E-state index in [0.717, 1.165) is 0 Å². The molecule has 7 nitrogen and oxygen atoms in total. The Morgan fingerprint density at radius 2 is 2.04 bits per heavy atom. The molecular formula is C18H24N2O5. The molecule has 25 heavy (non-hydrogen) atoms. The molecule has 0 spiro atoms. The fourth-order valence-electron chi connectivity index (χ4n) is 3.39. The third kappa shape index (κ3) is 3.56. The van der Waals surface area contributed by atoms with Crippen molar-refractivity contribution < 1.29 is 23.8 Å². The third-order valence-corrected chi connectivity index (χ3v) is 4.70. The van der Waals surface area contributed by atoms with E-state index >= 15 is 0 Å². The van der Waals surface area contributed by atoms with Crippen LogP contribution in [0.15, 0.2) is 18.2 Å². The minimum Gasteiger partial charge on any atom is -0.497 e. The van der Waals surface area contributed by atoms with Gasteiger partial charge in [-0.1, -0.05) is 0 Å². The van der Waals surface area contributed by atoms with E-state index in [1.54, 1.807) is 42.2 Å². The first-order valence-electron chi connectivity index (χ1n) is 8.46. The summed E-state index contributed by atoms with van der Waals surface area (Å²) in [6, 6.07) is 5.31. The molecule has 7 heteroatoms. The summed E-state index contributed by atoms with van der Waals surface area (Å²) in [6.07, 6.45) is 0.245. The molecule has 0 N–H and O–H groups in total. The monoisotopic (exact) mass is 348 g/mol. The molecule has 1 aromatic carbocycles. The van der Waals surface area contributed by atoms with Crippen LogP contribution in [-0.4, -0.2) is 63.3 Å². The summed E-state index contributed by atoms with van der Waals surface area (Å²) in [4.78, 5) is 28.7. The second kappa shape index (κ2) is 7.31. The molecule has 0 saturated carbocycles. The van der Waals surface area contributed by atoms with Gasteiger partial charge in [0.15, 0.2) is 0 Å². The summed E-state index contributed by atoms with van der Waals surface area (Å²) in [6.45, 7) is 4.00. The van der Waals surface area contributed by atoms with Gasteiger partial charge in [-0.3, -0.25) is 9.59 Å². The largest absolute Gasteiger partial charge is 0.497 e. The molecule has 0 aromatic heterocycles. The van der Waals surface area contributed by atoms with E-state index in [-0.39, 0.29) is 30.3 Å². The third-order valence-electron chi connectivity index (χ3n) is 4.70. The number of amides is 2. The predicted molar refractivity (Wildman–Crippen MR) is 92.0 cm³/mol. The van der Waals surface area contributed by atoms with Gasteiger partial charge in [0.05, 0.1) is 38.5 Å². The van der Waals surface area contributed by atoms with Gasteiger partial charge in [-0.05, 0) is 19.1 Å². The first-order valence-corrected chi connectivity index (χ1v) is 8.46. The summed E-state index contributed by atoms with van der Waals surface area (Å²) in [7, 11) is 3.13. The minimum absolute atomic E-state index is 0.0212. The fraction of sp³-hybridized carbons (Fsp3) is 0.556. The quantitative estimate of drug-likeness (QED) is 0.820. The van der Waals surface area contributed by atoms with Crippen molar-refractivity contribution in [1.29, 1.82) is 0 Å². The number of carbonyl (C=O) groups excluding carboxylic acids is 2. The molecule has 0 unspecified atom stereocenters. The molecule has 2 fully saturated rings. The lowest BCUT2D eigenvalue weighted by atomic mass is 10.1. The summed E-state index contributed by atoms with van der Waals surface area (Å²) in [5.41, 5.74) is 0.637. The van der Waals surface area contributed by atoms with E-state index in [2.05, 4.69) is 0 Å². The highest BCUT2D eigenvalue weighted by Gasteiger charge is 2.39. The molecule has 1 aromatic rings. The van der Waals surface area contributed by atoms with Crippen molar-refractivity contribution in [3.8, 4) is 11.5 Å². The Labute approximate surface area is 147 Å². The van der Waals surface area contributed by atoms with Crippen LogP contribution in [0.1, 0.15) is 13.3 Å². The molecule has 3 rings (SSSR count). The molecule has 136 valence electrons. The molecular weight excluding hydrogens is 324 g/mol. The Bertz CT molecular complexity index is 663. The van der Waals surface area contributed by atoms with Gasteiger partial charge >= 0.3 is 0 Å². The Hall–Kier alpha value is -2.28. The zero-order valence-electron chi connectivity index (χ0n) is 14.9. The maximum atomic E-state index is 12.8. The number of methoxy groups -OCH3 is 2. The Kier molecular flexibility index (Phi) is 5.13. The number of ether oxygens (including phenoxy) is 3. The normalized spacial score (nSPS) is 23.7. The molecule has 2 amide bonds. The Morgan fingerprint density at radius 1 is 1.24 bits per heavy atom. The van der Waals surface area contributed by atoms with Crippen LogP contribution in [0.5, 0.6) is 11.5 Å². The van der Waals surface area contributed by atoms with Crippen LogP contribution in [0, 0.1) is 5.92 Å². The van der Waals surface area contributed by atoms with Gasteiger partial charge in [-0.25, -0.2) is 0 Å². The summed E-state index contributed by atoms with van der Waals surface area (Å²) >= 11 is 0. The van der Waals surface area contributed by atoms with Crippen LogP contribution in [0.2, 0.25) is 0 Å². The molecule has 2 saturated heterocycles. The zero-order valence-corrected chi connectivity index (χ0v) is 14.9. The van der Waals surface area contributed by atoms with E-state index in [1.807, 2.05) is 6.92 Å². The average Bonchev–Trinajstić information content (AvgIpc) is 3.02.